The van der Waals surface area contributed by atoms with Crippen LogP contribution >= 0.6 is 11.3 Å². The second-order valence-electron chi connectivity index (χ2n) is 6.93. The lowest BCUT2D eigenvalue weighted by molar-refractivity contribution is -0.123. The molecule has 0 aliphatic carbocycles. The van der Waals surface area contributed by atoms with Crippen molar-refractivity contribution in [3.8, 4) is 17.0 Å². The van der Waals surface area contributed by atoms with E-state index in [1.54, 1.807) is 0 Å². The average Bonchev–Trinajstić information content (AvgIpc) is 3.17. The number of nitrogens with zero attached hydrogens (tertiary/aromatic N) is 2. The van der Waals surface area contributed by atoms with Crippen LogP contribution in [0.4, 0.5) is 0 Å². The largest absolute Gasteiger partial charge is 0.467 e. The molecular formula is C23H21N3O2S. The highest BCUT2D eigenvalue weighted by Gasteiger charge is 2.15. The molecule has 0 radical (unpaired) electrons. The van der Waals surface area contributed by atoms with Gasteiger partial charge in [0.1, 0.15) is 11.2 Å². The van der Waals surface area contributed by atoms with Gasteiger partial charge in [-0.05, 0) is 25.0 Å². The van der Waals surface area contributed by atoms with Crippen LogP contribution in [0.2, 0.25) is 0 Å². The van der Waals surface area contributed by atoms with E-state index in [2.05, 4.69) is 46.5 Å². The Balaban J connectivity index is 1.47. The predicted molar refractivity (Wildman–Crippen MR) is 116 cm³/mol. The third-order valence-electron chi connectivity index (χ3n) is 4.65. The molecule has 0 bridgehead atoms. The van der Waals surface area contributed by atoms with Crippen LogP contribution in [0.3, 0.4) is 0 Å². The van der Waals surface area contributed by atoms with Gasteiger partial charge in [-0.3, -0.25) is 4.79 Å². The van der Waals surface area contributed by atoms with E-state index in [1.165, 1.54) is 28.8 Å². The normalized spacial score (nSPS) is 10.8. The molecule has 0 atom stereocenters. The Hall–Kier alpha value is -3.25. The molecule has 1 amide bonds. The second kappa shape index (κ2) is 8.41. The highest BCUT2D eigenvalue weighted by molar-refractivity contribution is 7.17. The molecule has 0 spiro atoms. The van der Waals surface area contributed by atoms with E-state index in [1.807, 2.05) is 36.6 Å². The van der Waals surface area contributed by atoms with Crippen molar-refractivity contribution in [1.82, 2.24) is 15.3 Å². The maximum absolute atomic E-state index is 12.2. The summed E-state index contributed by atoms with van der Waals surface area (Å²) in [6, 6.07) is 16.3. The summed E-state index contributed by atoms with van der Waals surface area (Å²) in [5.41, 5.74) is 5.53. The number of hydrogen-bond acceptors (Lipinski definition) is 5. The van der Waals surface area contributed by atoms with Crippen LogP contribution in [0, 0.1) is 13.8 Å². The van der Waals surface area contributed by atoms with Gasteiger partial charge >= 0.3 is 0 Å². The van der Waals surface area contributed by atoms with Crippen molar-refractivity contribution in [3.63, 3.8) is 0 Å². The number of ether oxygens (including phenoxy) is 1. The molecule has 0 saturated carbocycles. The number of fused-ring (bicyclic) bond motifs is 1. The zero-order chi connectivity index (χ0) is 20.2. The molecule has 0 unspecified atom stereocenters. The lowest BCUT2D eigenvalue weighted by Crippen LogP contribution is -2.28. The van der Waals surface area contributed by atoms with Crippen molar-refractivity contribution < 1.29 is 9.53 Å². The van der Waals surface area contributed by atoms with Gasteiger partial charge in [-0.1, -0.05) is 59.7 Å². The molecule has 1 N–H and O–H groups in total. The van der Waals surface area contributed by atoms with E-state index in [4.69, 9.17) is 4.74 Å². The van der Waals surface area contributed by atoms with Gasteiger partial charge < -0.3 is 10.1 Å². The number of carbonyl (C=O) groups is 1. The Morgan fingerprint density at radius 3 is 2.41 bits per heavy atom. The Morgan fingerprint density at radius 1 is 1.00 bits per heavy atom. The van der Waals surface area contributed by atoms with Crippen LogP contribution < -0.4 is 10.1 Å². The summed E-state index contributed by atoms with van der Waals surface area (Å²) in [7, 11) is 0. The van der Waals surface area contributed by atoms with Crippen LogP contribution in [0.15, 0.2) is 60.2 Å². The first-order valence-electron chi connectivity index (χ1n) is 9.34. The summed E-state index contributed by atoms with van der Waals surface area (Å²) in [6.45, 7) is 4.46. The van der Waals surface area contributed by atoms with E-state index in [-0.39, 0.29) is 12.5 Å². The third kappa shape index (κ3) is 4.43. The zero-order valence-corrected chi connectivity index (χ0v) is 17.1. The second-order valence-corrected chi connectivity index (χ2v) is 7.78. The van der Waals surface area contributed by atoms with Crippen LogP contribution in [0.25, 0.3) is 21.3 Å². The van der Waals surface area contributed by atoms with Crippen molar-refractivity contribution in [3.05, 3.63) is 76.9 Å². The maximum atomic E-state index is 12.2. The van der Waals surface area contributed by atoms with Crippen molar-refractivity contribution in [2.24, 2.45) is 0 Å². The molecule has 5 nitrogen and oxygen atoms in total. The molecule has 4 aromatic rings. The van der Waals surface area contributed by atoms with Crippen molar-refractivity contribution in [1.29, 1.82) is 0 Å². The summed E-state index contributed by atoms with van der Waals surface area (Å²) in [5.74, 6) is 0.238. The maximum Gasteiger partial charge on any atom is 0.258 e. The van der Waals surface area contributed by atoms with Gasteiger partial charge in [0.15, 0.2) is 6.61 Å². The van der Waals surface area contributed by atoms with Gasteiger partial charge in [-0.15, -0.1) is 11.3 Å². The standard InChI is InChI=1S/C23H21N3O2S/c1-15-3-7-17(8-4-15)11-24-20(27)12-28-22-21-19(13-29-23(21)26-14-25-22)18-9-5-16(2)6-10-18/h3-10,13-14H,11-12H2,1-2H3,(H,24,27). The summed E-state index contributed by atoms with van der Waals surface area (Å²) in [6.07, 6.45) is 1.47. The molecule has 2 heterocycles. The fourth-order valence-electron chi connectivity index (χ4n) is 2.99. The smallest absolute Gasteiger partial charge is 0.258 e. The van der Waals surface area contributed by atoms with Crippen LogP contribution in [-0.2, 0) is 11.3 Å². The summed E-state index contributed by atoms with van der Waals surface area (Å²) >= 11 is 1.54. The molecule has 0 aliphatic rings. The fraction of sp³-hybridized carbons (Fsp3) is 0.174. The van der Waals surface area contributed by atoms with E-state index >= 15 is 0 Å². The topological polar surface area (TPSA) is 64.1 Å². The van der Waals surface area contributed by atoms with Gasteiger partial charge in [0, 0.05) is 17.5 Å². The number of benzene rings is 2. The van der Waals surface area contributed by atoms with Gasteiger partial charge in [0.05, 0.1) is 5.39 Å². The average molecular weight is 404 g/mol. The minimum atomic E-state index is -0.190. The molecule has 2 aromatic heterocycles. The minimum absolute atomic E-state index is 0.0961. The summed E-state index contributed by atoms with van der Waals surface area (Å²) in [4.78, 5) is 21.7. The van der Waals surface area contributed by atoms with Gasteiger partial charge in [0.25, 0.3) is 5.91 Å². The molecular weight excluding hydrogens is 382 g/mol. The lowest BCUT2D eigenvalue weighted by Gasteiger charge is -2.09. The van der Waals surface area contributed by atoms with E-state index in [0.717, 1.165) is 26.9 Å². The lowest BCUT2D eigenvalue weighted by atomic mass is 10.0. The number of nitrogens with one attached hydrogen (secondary N) is 1. The highest BCUT2D eigenvalue weighted by Crippen LogP contribution is 2.37. The fourth-order valence-corrected chi connectivity index (χ4v) is 3.90. The number of carbonyl (C=O) groups excluding carboxylic acids is 1. The Bertz CT molecular complexity index is 1140. The Morgan fingerprint density at radius 2 is 1.69 bits per heavy atom. The summed E-state index contributed by atoms with van der Waals surface area (Å²) < 4.78 is 5.78. The van der Waals surface area contributed by atoms with Crippen molar-refractivity contribution >= 4 is 27.5 Å². The molecule has 0 fully saturated rings. The predicted octanol–water partition coefficient (Wildman–Crippen LogP) is 4.67. The molecule has 0 saturated heterocycles. The van der Waals surface area contributed by atoms with E-state index < -0.39 is 0 Å². The molecule has 29 heavy (non-hydrogen) atoms. The number of rotatable bonds is 6. The van der Waals surface area contributed by atoms with Crippen LogP contribution in [0.5, 0.6) is 5.88 Å². The first kappa shape index (κ1) is 19.1. The molecule has 2 aromatic carbocycles. The van der Waals surface area contributed by atoms with Crippen LogP contribution in [0.1, 0.15) is 16.7 Å². The van der Waals surface area contributed by atoms with Gasteiger partial charge in [0.2, 0.25) is 5.88 Å². The highest BCUT2D eigenvalue weighted by atomic mass is 32.1. The molecule has 0 aliphatic heterocycles. The van der Waals surface area contributed by atoms with Crippen molar-refractivity contribution in [2.45, 2.75) is 20.4 Å². The Labute approximate surface area is 173 Å². The number of thiophene rings is 1. The number of amides is 1. The quantitative estimate of drug-likeness (QED) is 0.508. The van der Waals surface area contributed by atoms with Gasteiger partial charge in [-0.25, -0.2) is 9.97 Å². The first-order valence-corrected chi connectivity index (χ1v) is 10.2. The molecule has 6 heteroatoms. The van der Waals surface area contributed by atoms with E-state index in [9.17, 15) is 4.79 Å². The SMILES string of the molecule is Cc1ccc(CNC(=O)COc2ncnc3scc(-c4ccc(C)cc4)c23)cc1. The van der Waals surface area contributed by atoms with E-state index in [0.29, 0.717) is 12.4 Å². The van der Waals surface area contributed by atoms with Gasteiger partial charge in [-0.2, -0.15) is 0 Å². The number of aromatic nitrogens is 2. The number of hydrogen-bond donors (Lipinski definition) is 1. The first-order chi connectivity index (χ1) is 14.1. The monoisotopic (exact) mass is 403 g/mol. The number of aryl methyl sites for hydroxylation is 2. The third-order valence-corrected chi connectivity index (χ3v) is 5.53. The van der Waals surface area contributed by atoms with Crippen LogP contribution in [-0.4, -0.2) is 22.5 Å². The summed E-state index contributed by atoms with van der Waals surface area (Å²) in [5, 5.41) is 5.77. The van der Waals surface area contributed by atoms with Crippen molar-refractivity contribution in [2.75, 3.05) is 6.61 Å². The minimum Gasteiger partial charge on any atom is -0.467 e. The molecule has 4 rings (SSSR count). The zero-order valence-electron chi connectivity index (χ0n) is 16.3. The molecule has 146 valence electrons. The Kier molecular flexibility index (Phi) is 5.53.